The van der Waals surface area contributed by atoms with Crippen molar-refractivity contribution < 1.29 is 13.6 Å². The molecule has 0 bridgehead atoms. The van der Waals surface area contributed by atoms with Gasteiger partial charge in [-0.1, -0.05) is 13.3 Å². The monoisotopic (exact) mass is 228 g/mol. The fourth-order valence-electron chi connectivity index (χ4n) is 1.26. The number of nitrogens with two attached hydrogens (primary N) is 1. The van der Waals surface area contributed by atoms with Crippen molar-refractivity contribution >= 4 is 17.3 Å². The third-order valence-electron chi connectivity index (χ3n) is 2.11. The number of hydrogen-bond acceptors (Lipinski definition) is 2. The zero-order chi connectivity index (χ0) is 12.1. The maximum Gasteiger partial charge on any atom is 0.224 e. The molecule has 3 nitrogen and oxygen atoms in total. The van der Waals surface area contributed by atoms with E-state index in [9.17, 15) is 13.6 Å². The summed E-state index contributed by atoms with van der Waals surface area (Å²) in [6.07, 6.45) is 1.89. The van der Waals surface area contributed by atoms with Crippen molar-refractivity contribution in [1.29, 1.82) is 0 Å². The Morgan fingerprint density at radius 2 is 2.12 bits per heavy atom. The second kappa shape index (κ2) is 5.44. The van der Waals surface area contributed by atoms with E-state index in [1.165, 1.54) is 0 Å². The third-order valence-corrected chi connectivity index (χ3v) is 2.11. The first kappa shape index (κ1) is 12.4. The van der Waals surface area contributed by atoms with Crippen LogP contribution >= 0.6 is 0 Å². The highest BCUT2D eigenvalue weighted by molar-refractivity contribution is 5.93. The predicted molar refractivity (Wildman–Crippen MR) is 58.9 cm³/mol. The Morgan fingerprint density at radius 1 is 1.44 bits per heavy atom. The fourth-order valence-corrected chi connectivity index (χ4v) is 1.26. The lowest BCUT2D eigenvalue weighted by Gasteiger charge is -2.09. The van der Waals surface area contributed by atoms with Crippen molar-refractivity contribution in [2.75, 3.05) is 11.1 Å². The Morgan fingerprint density at radius 3 is 2.69 bits per heavy atom. The minimum absolute atomic E-state index is 0.109. The van der Waals surface area contributed by atoms with Gasteiger partial charge in [0.2, 0.25) is 5.91 Å². The van der Waals surface area contributed by atoms with E-state index in [4.69, 9.17) is 5.73 Å². The van der Waals surface area contributed by atoms with Gasteiger partial charge in [-0.3, -0.25) is 4.79 Å². The Labute approximate surface area is 92.6 Å². The second-order valence-electron chi connectivity index (χ2n) is 3.50. The molecule has 0 aliphatic carbocycles. The number of nitrogen functional groups attached to an aromatic ring is 1. The maximum absolute atomic E-state index is 13.3. The number of halogens is 2. The largest absolute Gasteiger partial charge is 0.397 e. The average molecular weight is 228 g/mol. The van der Waals surface area contributed by atoms with E-state index in [0.717, 1.165) is 12.5 Å². The second-order valence-corrected chi connectivity index (χ2v) is 3.50. The van der Waals surface area contributed by atoms with E-state index in [1.807, 2.05) is 6.92 Å². The molecule has 0 saturated heterocycles. The Balaban J connectivity index is 2.77. The summed E-state index contributed by atoms with van der Waals surface area (Å²) >= 11 is 0. The number of anilines is 2. The zero-order valence-electron chi connectivity index (χ0n) is 9.02. The molecule has 1 aromatic rings. The molecule has 0 heterocycles. The summed E-state index contributed by atoms with van der Waals surface area (Å²) in [6.45, 7) is 1.94. The number of amides is 1. The highest BCUT2D eigenvalue weighted by Crippen LogP contribution is 2.23. The molecule has 0 saturated carbocycles. The van der Waals surface area contributed by atoms with Gasteiger partial charge in [0.1, 0.15) is 11.5 Å². The lowest BCUT2D eigenvalue weighted by molar-refractivity contribution is -0.116. The molecular weight excluding hydrogens is 214 g/mol. The Bertz CT molecular complexity index is 371. The van der Waals surface area contributed by atoms with Gasteiger partial charge in [0.25, 0.3) is 0 Å². The number of carbonyl (C=O) groups is 1. The van der Waals surface area contributed by atoms with Gasteiger partial charge >= 0.3 is 0 Å². The van der Waals surface area contributed by atoms with Crippen molar-refractivity contribution in [1.82, 2.24) is 0 Å². The summed E-state index contributed by atoms with van der Waals surface area (Å²) in [6, 6.07) is 1.66. The van der Waals surface area contributed by atoms with Crippen LogP contribution in [0, 0.1) is 11.6 Å². The standard InChI is InChI=1S/C11H14F2N2O/c1-2-3-4-10(16)15-11-8(13)5-7(12)6-9(11)14/h5-6H,2-4,14H2,1H3,(H,15,16). The summed E-state index contributed by atoms with van der Waals surface area (Å²) in [5.74, 6) is -1.94. The van der Waals surface area contributed by atoms with Crippen LogP contribution in [0.3, 0.4) is 0 Å². The van der Waals surface area contributed by atoms with Gasteiger partial charge in [-0.05, 0) is 12.5 Å². The van der Waals surface area contributed by atoms with Gasteiger partial charge in [0.05, 0.1) is 5.69 Å². The molecule has 0 aromatic heterocycles. The highest BCUT2D eigenvalue weighted by Gasteiger charge is 2.11. The SMILES string of the molecule is CCCCC(=O)Nc1c(N)cc(F)cc1F. The molecule has 0 aliphatic rings. The number of nitrogens with one attached hydrogen (secondary N) is 1. The van der Waals surface area contributed by atoms with Crippen LogP contribution in [0.25, 0.3) is 0 Å². The predicted octanol–water partition coefficient (Wildman–Crippen LogP) is 2.68. The molecule has 5 heteroatoms. The molecule has 0 aliphatic heterocycles. The van der Waals surface area contributed by atoms with E-state index in [0.29, 0.717) is 18.9 Å². The van der Waals surface area contributed by atoms with Gasteiger partial charge in [0.15, 0.2) is 5.82 Å². The lowest BCUT2D eigenvalue weighted by atomic mass is 10.2. The summed E-state index contributed by atoms with van der Waals surface area (Å²) in [7, 11) is 0. The van der Waals surface area contributed by atoms with Crippen LogP contribution in [0.1, 0.15) is 26.2 Å². The minimum Gasteiger partial charge on any atom is -0.397 e. The van der Waals surface area contributed by atoms with Crippen LogP contribution in [0.15, 0.2) is 12.1 Å². The molecule has 0 atom stereocenters. The van der Waals surface area contributed by atoms with Gasteiger partial charge in [-0.15, -0.1) is 0 Å². The number of unbranched alkanes of at least 4 members (excludes halogenated alkanes) is 1. The Kier molecular flexibility index (Phi) is 4.22. The third kappa shape index (κ3) is 3.18. The molecule has 0 spiro atoms. The topological polar surface area (TPSA) is 55.1 Å². The Hall–Kier alpha value is -1.65. The number of hydrogen-bond donors (Lipinski definition) is 2. The molecular formula is C11H14F2N2O. The first-order chi connectivity index (χ1) is 7.54. The van der Waals surface area contributed by atoms with Crippen LogP contribution in [-0.2, 0) is 4.79 Å². The molecule has 88 valence electrons. The zero-order valence-corrected chi connectivity index (χ0v) is 9.02. The normalized spacial score (nSPS) is 10.2. The molecule has 0 radical (unpaired) electrons. The van der Waals surface area contributed by atoms with Crippen molar-refractivity contribution in [3.63, 3.8) is 0 Å². The van der Waals surface area contributed by atoms with E-state index >= 15 is 0 Å². The van der Waals surface area contributed by atoms with E-state index in [1.54, 1.807) is 0 Å². The fraction of sp³-hybridized carbons (Fsp3) is 0.364. The average Bonchev–Trinajstić information content (AvgIpc) is 2.20. The van der Waals surface area contributed by atoms with Gasteiger partial charge in [0, 0.05) is 12.5 Å². The summed E-state index contributed by atoms with van der Waals surface area (Å²) in [5.41, 5.74) is 5.15. The van der Waals surface area contributed by atoms with Crippen molar-refractivity contribution in [3.05, 3.63) is 23.8 Å². The first-order valence-corrected chi connectivity index (χ1v) is 5.09. The van der Waals surface area contributed by atoms with Crippen LogP contribution in [0.4, 0.5) is 20.2 Å². The summed E-state index contributed by atoms with van der Waals surface area (Å²) in [4.78, 5) is 11.3. The highest BCUT2D eigenvalue weighted by atomic mass is 19.1. The quantitative estimate of drug-likeness (QED) is 0.778. The maximum atomic E-state index is 13.3. The molecule has 1 aromatic carbocycles. The van der Waals surface area contributed by atoms with Crippen molar-refractivity contribution in [2.45, 2.75) is 26.2 Å². The number of rotatable bonds is 4. The van der Waals surface area contributed by atoms with Crippen molar-refractivity contribution in [3.8, 4) is 0 Å². The number of carbonyl (C=O) groups excluding carboxylic acids is 1. The molecule has 0 unspecified atom stereocenters. The van der Waals surface area contributed by atoms with E-state index < -0.39 is 11.6 Å². The molecule has 1 amide bonds. The van der Waals surface area contributed by atoms with Gasteiger partial charge in [-0.25, -0.2) is 8.78 Å². The molecule has 16 heavy (non-hydrogen) atoms. The smallest absolute Gasteiger partial charge is 0.224 e. The lowest BCUT2D eigenvalue weighted by Crippen LogP contribution is -2.14. The molecule has 3 N–H and O–H groups in total. The van der Waals surface area contributed by atoms with E-state index in [-0.39, 0.29) is 17.3 Å². The molecule has 0 fully saturated rings. The van der Waals surface area contributed by atoms with Crippen molar-refractivity contribution in [2.24, 2.45) is 0 Å². The first-order valence-electron chi connectivity index (χ1n) is 5.09. The summed E-state index contributed by atoms with van der Waals surface area (Å²) in [5, 5.41) is 2.33. The van der Waals surface area contributed by atoms with Gasteiger partial charge < -0.3 is 11.1 Å². The number of benzene rings is 1. The van der Waals surface area contributed by atoms with Crippen LogP contribution in [0.5, 0.6) is 0 Å². The van der Waals surface area contributed by atoms with Crippen LogP contribution < -0.4 is 11.1 Å². The van der Waals surface area contributed by atoms with Crippen LogP contribution in [-0.4, -0.2) is 5.91 Å². The van der Waals surface area contributed by atoms with E-state index in [2.05, 4.69) is 5.32 Å². The minimum atomic E-state index is -0.859. The molecule has 1 rings (SSSR count). The van der Waals surface area contributed by atoms with Crippen LogP contribution in [0.2, 0.25) is 0 Å². The summed E-state index contributed by atoms with van der Waals surface area (Å²) < 4.78 is 26.0. The van der Waals surface area contributed by atoms with Gasteiger partial charge in [-0.2, -0.15) is 0 Å².